The molecule has 1 aliphatic rings. The van der Waals surface area contributed by atoms with Crippen molar-refractivity contribution < 1.29 is 15.0 Å². The van der Waals surface area contributed by atoms with Gasteiger partial charge in [0.05, 0.1) is 6.10 Å². The second kappa shape index (κ2) is 3.38. The first kappa shape index (κ1) is 9.15. The number of aromatic carboxylic acids is 1. The topological polar surface area (TPSA) is 70.4 Å². The molecule has 14 heavy (non-hydrogen) atoms. The lowest BCUT2D eigenvalue weighted by molar-refractivity contribution is 0.0690. The summed E-state index contributed by atoms with van der Waals surface area (Å²) in [5, 5.41) is 18.4. The van der Waals surface area contributed by atoms with Crippen LogP contribution < -0.4 is 0 Å². The molecule has 0 saturated heterocycles. The summed E-state index contributed by atoms with van der Waals surface area (Å²) in [7, 11) is 0. The summed E-state index contributed by atoms with van der Waals surface area (Å²) in [6.45, 7) is 0. The predicted molar refractivity (Wildman–Crippen MR) is 48.9 cm³/mol. The van der Waals surface area contributed by atoms with Crippen molar-refractivity contribution in [3.8, 4) is 0 Å². The molecule has 2 rings (SSSR count). The van der Waals surface area contributed by atoms with Gasteiger partial charge in [-0.3, -0.25) is 0 Å². The SMILES string of the molecule is O=C(O)c1cc(C(O)C2CC2)ccn1. The van der Waals surface area contributed by atoms with E-state index in [1.165, 1.54) is 12.3 Å². The molecular weight excluding hydrogens is 182 g/mol. The molecule has 1 heterocycles. The maximum Gasteiger partial charge on any atom is 0.354 e. The fourth-order valence-corrected chi connectivity index (χ4v) is 1.43. The fraction of sp³-hybridized carbons (Fsp3) is 0.400. The van der Waals surface area contributed by atoms with Crippen LogP contribution in [0.1, 0.15) is 35.0 Å². The van der Waals surface area contributed by atoms with Gasteiger partial charge < -0.3 is 10.2 Å². The van der Waals surface area contributed by atoms with E-state index < -0.39 is 12.1 Å². The summed E-state index contributed by atoms with van der Waals surface area (Å²) >= 11 is 0. The van der Waals surface area contributed by atoms with Gasteiger partial charge in [-0.25, -0.2) is 9.78 Å². The van der Waals surface area contributed by atoms with Gasteiger partial charge in [0.15, 0.2) is 0 Å². The van der Waals surface area contributed by atoms with Gasteiger partial charge in [-0.05, 0) is 36.5 Å². The lowest BCUT2D eigenvalue weighted by Crippen LogP contribution is -2.05. The number of nitrogens with zero attached hydrogens (tertiary/aromatic N) is 1. The second-order valence-electron chi connectivity index (χ2n) is 3.56. The maximum atomic E-state index is 10.6. The summed E-state index contributed by atoms with van der Waals surface area (Å²) < 4.78 is 0. The molecule has 1 aromatic rings. The molecule has 1 unspecified atom stereocenters. The second-order valence-corrected chi connectivity index (χ2v) is 3.56. The van der Waals surface area contributed by atoms with Crippen LogP contribution in [0.5, 0.6) is 0 Å². The summed E-state index contributed by atoms with van der Waals surface area (Å²) in [4.78, 5) is 14.3. The van der Waals surface area contributed by atoms with Crippen LogP contribution in [-0.4, -0.2) is 21.2 Å². The molecule has 1 fully saturated rings. The zero-order valence-corrected chi connectivity index (χ0v) is 7.55. The van der Waals surface area contributed by atoms with E-state index in [1.54, 1.807) is 6.07 Å². The third-order valence-electron chi connectivity index (χ3n) is 2.41. The van der Waals surface area contributed by atoms with Gasteiger partial charge in [0.1, 0.15) is 5.69 Å². The monoisotopic (exact) mass is 193 g/mol. The van der Waals surface area contributed by atoms with Crippen LogP contribution in [0.25, 0.3) is 0 Å². The first-order valence-electron chi connectivity index (χ1n) is 4.56. The Bertz CT molecular complexity index is 360. The van der Waals surface area contributed by atoms with Gasteiger partial charge in [0.2, 0.25) is 0 Å². The number of aliphatic hydroxyl groups excluding tert-OH is 1. The first-order chi connectivity index (χ1) is 6.68. The van der Waals surface area contributed by atoms with Crippen molar-refractivity contribution >= 4 is 5.97 Å². The summed E-state index contributed by atoms with van der Waals surface area (Å²) in [6.07, 6.45) is 2.93. The van der Waals surface area contributed by atoms with E-state index in [1.807, 2.05) is 0 Å². The van der Waals surface area contributed by atoms with Gasteiger partial charge in [0, 0.05) is 6.20 Å². The van der Waals surface area contributed by atoms with Crippen molar-refractivity contribution in [2.75, 3.05) is 0 Å². The highest BCUT2D eigenvalue weighted by atomic mass is 16.4. The van der Waals surface area contributed by atoms with E-state index >= 15 is 0 Å². The summed E-state index contributed by atoms with van der Waals surface area (Å²) in [5.74, 6) is -0.756. The van der Waals surface area contributed by atoms with Crippen molar-refractivity contribution in [2.24, 2.45) is 5.92 Å². The van der Waals surface area contributed by atoms with Crippen LogP contribution >= 0.6 is 0 Å². The highest BCUT2D eigenvalue weighted by Gasteiger charge is 2.31. The Morgan fingerprint density at radius 2 is 2.29 bits per heavy atom. The molecule has 74 valence electrons. The van der Waals surface area contributed by atoms with Crippen LogP contribution in [0.4, 0.5) is 0 Å². The minimum atomic E-state index is -1.06. The van der Waals surface area contributed by atoms with Crippen molar-refractivity contribution in [1.82, 2.24) is 4.98 Å². The average molecular weight is 193 g/mol. The molecule has 4 heteroatoms. The highest BCUT2D eigenvalue weighted by molar-refractivity contribution is 5.85. The van der Waals surface area contributed by atoms with Crippen LogP contribution in [-0.2, 0) is 0 Å². The number of aromatic nitrogens is 1. The predicted octanol–water partition coefficient (Wildman–Crippen LogP) is 1.22. The minimum absolute atomic E-state index is 0.0119. The Morgan fingerprint density at radius 3 is 2.86 bits per heavy atom. The van der Waals surface area contributed by atoms with E-state index in [2.05, 4.69) is 4.98 Å². The number of hydrogen-bond donors (Lipinski definition) is 2. The van der Waals surface area contributed by atoms with Crippen LogP contribution in [0.3, 0.4) is 0 Å². The quantitative estimate of drug-likeness (QED) is 0.757. The number of pyridine rings is 1. The lowest BCUT2D eigenvalue weighted by atomic mass is 10.1. The molecule has 0 aromatic carbocycles. The third-order valence-corrected chi connectivity index (χ3v) is 2.41. The zero-order valence-electron chi connectivity index (χ0n) is 7.55. The van der Waals surface area contributed by atoms with Crippen molar-refractivity contribution in [3.05, 3.63) is 29.6 Å². The largest absolute Gasteiger partial charge is 0.477 e. The zero-order chi connectivity index (χ0) is 10.1. The molecule has 0 spiro atoms. The normalized spacial score (nSPS) is 17.8. The average Bonchev–Trinajstić information content (AvgIpc) is 3.00. The number of rotatable bonds is 3. The Hall–Kier alpha value is -1.42. The Morgan fingerprint density at radius 1 is 1.57 bits per heavy atom. The van der Waals surface area contributed by atoms with E-state index in [4.69, 9.17) is 5.11 Å². The Balaban J connectivity index is 2.24. The number of hydrogen-bond acceptors (Lipinski definition) is 3. The van der Waals surface area contributed by atoms with Gasteiger partial charge in [-0.1, -0.05) is 0 Å². The molecule has 0 radical (unpaired) electrons. The summed E-state index contributed by atoms with van der Waals surface area (Å²) in [6, 6.07) is 3.10. The van der Waals surface area contributed by atoms with Crippen molar-refractivity contribution in [2.45, 2.75) is 18.9 Å². The van der Waals surface area contributed by atoms with Gasteiger partial charge >= 0.3 is 5.97 Å². The number of aliphatic hydroxyl groups is 1. The van der Waals surface area contributed by atoms with Gasteiger partial charge in [-0.15, -0.1) is 0 Å². The molecule has 4 nitrogen and oxygen atoms in total. The molecular formula is C10H11NO3. The Labute approximate surface area is 81.2 Å². The maximum absolute atomic E-state index is 10.6. The lowest BCUT2D eigenvalue weighted by Gasteiger charge is -2.09. The molecule has 2 N–H and O–H groups in total. The van der Waals surface area contributed by atoms with E-state index in [-0.39, 0.29) is 5.69 Å². The first-order valence-corrected chi connectivity index (χ1v) is 4.56. The van der Waals surface area contributed by atoms with Crippen molar-refractivity contribution in [3.63, 3.8) is 0 Å². The minimum Gasteiger partial charge on any atom is -0.477 e. The van der Waals surface area contributed by atoms with Crippen molar-refractivity contribution in [1.29, 1.82) is 0 Å². The van der Waals surface area contributed by atoms with Gasteiger partial charge in [0.25, 0.3) is 0 Å². The smallest absolute Gasteiger partial charge is 0.354 e. The van der Waals surface area contributed by atoms with Gasteiger partial charge in [-0.2, -0.15) is 0 Å². The van der Waals surface area contributed by atoms with E-state index in [9.17, 15) is 9.90 Å². The van der Waals surface area contributed by atoms with Crippen LogP contribution in [0.15, 0.2) is 18.3 Å². The molecule has 1 aromatic heterocycles. The highest BCUT2D eigenvalue weighted by Crippen LogP contribution is 2.40. The van der Waals surface area contributed by atoms with E-state index in [0.29, 0.717) is 11.5 Å². The molecule has 1 aliphatic carbocycles. The molecule has 0 amide bonds. The molecule has 0 aliphatic heterocycles. The van der Waals surface area contributed by atoms with Crippen LogP contribution in [0.2, 0.25) is 0 Å². The molecule has 0 bridgehead atoms. The number of carbonyl (C=O) groups is 1. The third kappa shape index (κ3) is 1.75. The molecule has 1 saturated carbocycles. The number of carboxylic acid groups (broad SMARTS) is 1. The standard InChI is InChI=1S/C10H11NO3/c12-9(6-1-2-6)7-3-4-11-8(5-7)10(13)14/h3-6,9,12H,1-2H2,(H,13,14). The Kier molecular flexibility index (Phi) is 2.21. The fourth-order valence-electron chi connectivity index (χ4n) is 1.43. The number of carboxylic acids is 1. The summed E-state index contributed by atoms with van der Waals surface area (Å²) in [5.41, 5.74) is 0.641. The molecule has 1 atom stereocenters. The van der Waals surface area contributed by atoms with Crippen LogP contribution in [0, 0.1) is 5.92 Å². The van der Waals surface area contributed by atoms with E-state index in [0.717, 1.165) is 12.8 Å².